The monoisotopic (exact) mass is 266 g/mol. The minimum Gasteiger partial charge on any atom is -0.497 e. The van der Waals surface area contributed by atoms with Crippen LogP contribution in [-0.4, -0.2) is 25.2 Å². The van der Waals surface area contributed by atoms with Gasteiger partial charge in [-0.2, -0.15) is 0 Å². The molecule has 0 spiro atoms. The fraction of sp³-hybridized carbons (Fsp3) is 0.429. The zero-order valence-electron chi connectivity index (χ0n) is 11.3. The molecule has 0 fully saturated rings. The maximum atomic E-state index is 11.6. The molecule has 0 saturated heterocycles. The van der Waals surface area contributed by atoms with E-state index in [1.165, 1.54) is 0 Å². The van der Waals surface area contributed by atoms with Gasteiger partial charge in [0.25, 0.3) is 6.47 Å². The van der Waals surface area contributed by atoms with Crippen LogP contribution >= 0.6 is 0 Å². The van der Waals surface area contributed by atoms with E-state index in [0.717, 1.165) is 11.3 Å². The van der Waals surface area contributed by atoms with E-state index in [1.54, 1.807) is 33.1 Å². The molecule has 0 aliphatic heterocycles. The van der Waals surface area contributed by atoms with Gasteiger partial charge in [-0.05, 0) is 31.5 Å². The van der Waals surface area contributed by atoms with Crippen molar-refractivity contribution in [3.63, 3.8) is 0 Å². The summed E-state index contributed by atoms with van der Waals surface area (Å²) >= 11 is 0. The summed E-state index contributed by atoms with van der Waals surface area (Å²) in [7, 11) is 1.59. The van der Waals surface area contributed by atoms with Crippen molar-refractivity contribution in [1.82, 2.24) is 0 Å². The largest absolute Gasteiger partial charge is 0.497 e. The van der Waals surface area contributed by atoms with Gasteiger partial charge in [-0.1, -0.05) is 12.1 Å². The molecule has 0 unspecified atom stereocenters. The van der Waals surface area contributed by atoms with Crippen LogP contribution in [0.15, 0.2) is 24.3 Å². The quantitative estimate of drug-likeness (QED) is 0.558. The molecule has 0 saturated carbocycles. The third kappa shape index (κ3) is 5.42. The Balaban J connectivity index is 2.43. The van der Waals surface area contributed by atoms with Crippen molar-refractivity contribution in [3.05, 3.63) is 29.8 Å². The number of carbonyl (C=O) groups excluding carboxylic acids is 2. The molecule has 104 valence electrons. The standard InChI is InChI=1S/C14H18O5/c1-14(2,19-10-15)8-13(16)18-9-11-4-6-12(17-3)7-5-11/h4-7,10H,8-9H2,1-3H3. The lowest BCUT2D eigenvalue weighted by molar-refractivity contribution is -0.155. The number of rotatable bonds is 7. The average molecular weight is 266 g/mol. The van der Waals surface area contributed by atoms with Gasteiger partial charge < -0.3 is 14.2 Å². The summed E-state index contributed by atoms with van der Waals surface area (Å²) in [5.41, 5.74) is 0.0157. The topological polar surface area (TPSA) is 61.8 Å². The summed E-state index contributed by atoms with van der Waals surface area (Å²) in [6, 6.07) is 7.23. The van der Waals surface area contributed by atoms with Crippen molar-refractivity contribution >= 4 is 12.4 Å². The zero-order valence-corrected chi connectivity index (χ0v) is 11.3. The Morgan fingerprint density at radius 3 is 2.42 bits per heavy atom. The molecule has 5 heteroatoms. The highest BCUT2D eigenvalue weighted by Gasteiger charge is 2.24. The lowest BCUT2D eigenvalue weighted by Gasteiger charge is -2.21. The van der Waals surface area contributed by atoms with Crippen molar-refractivity contribution in [3.8, 4) is 5.75 Å². The number of ether oxygens (including phenoxy) is 3. The second-order valence-electron chi connectivity index (χ2n) is 4.66. The molecule has 0 heterocycles. The molecular weight excluding hydrogens is 248 g/mol. The van der Waals surface area contributed by atoms with E-state index in [0.29, 0.717) is 6.47 Å². The minimum absolute atomic E-state index is 0.0158. The summed E-state index contributed by atoms with van der Waals surface area (Å²) in [5.74, 6) is 0.332. The number of hydrogen-bond acceptors (Lipinski definition) is 5. The van der Waals surface area contributed by atoms with Gasteiger partial charge >= 0.3 is 5.97 Å². The van der Waals surface area contributed by atoms with Crippen LogP contribution < -0.4 is 4.74 Å². The highest BCUT2D eigenvalue weighted by molar-refractivity contribution is 5.70. The van der Waals surface area contributed by atoms with Gasteiger partial charge in [0.2, 0.25) is 0 Å². The van der Waals surface area contributed by atoms with Crippen LogP contribution in [0.3, 0.4) is 0 Å². The minimum atomic E-state index is -0.848. The normalized spacial score (nSPS) is 10.7. The van der Waals surface area contributed by atoms with Crippen molar-refractivity contribution in [2.24, 2.45) is 0 Å². The molecule has 0 aliphatic carbocycles. The van der Waals surface area contributed by atoms with Crippen LogP contribution in [0.1, 0.15) is 25.8 Å². The van der Waals surface area contributed by atoms with E-state index in [1.807, 2.05) is 12.1 Å². The Kier molecular flexibility index (Phi) is 5.36. The Morgan fingerprint density at radius 2 is 1.89 bits per heavy atom. The molecule has 1 rings (SSSR count). The van der Waals surface area contributed by atoms with E-state index in [9.17, 15) is 9.59 Å². The molecule has 1 aromatic rings. The van der Waals surface area contributed by atoms with Crippen LogP contribution in [-0.2, 0) is 25.7 Å². The Hall–Kier alpha value is -2.04. The molecular formula is C14H18O5. The first-order valence-corrected chi connectivity index (χ1v) is 5.87. The zero-order chi connectivity index (χ0) is 14.3. The highest BCUT2D eigenvalue weighted by atomic mass is 16.6. The number of esters is 1. The van der Waals surface area contributed by atoms with Crippen molar-refractivity contribution in [2.75, 3.05) is 7.11 Å². The maximum absolute atomic E-state index is 11.6. The van der Waals surface area contributed by atoms with E-state index >= 15 is 0 Å². The van der Waals surface area contributed by atoms with E-state index in [-0.39, 0.29) is 13.0 Å². The predicted octanol–water partition coefficient (Wildman–Crippen LogP) is 2.08. The Labute approximate surface area is 112 Å². The van der Waals surface area contributed by atoms with Gasteiger partial charge in [-0.25, -0.2) is 0 Å². The smallest absolute Gasteiger partial charge is 0.310 e. The second-order valence-corrected chi connectivity index (χ2v) is 4.66. The summed E-state index contributed by atoms with van der Waals surface area (Å²) in [5, 5.41) is 0. The van der Waals surface area contributed by atoms with Crippen molar-refractivity contribution < 1.29 is 23.8 Å². The van der Waals surface area contributed by atoms with E-state index in [2.05, 4.69) is 0 Å². The molecule has 1 aromatic carbocycles. The number of methoxy groups -OCH3 is 1. The van der Waals surface area contributed by atoms with Gasteiger partial charge in [-0.3, -0.25) is 9.59 Å². The van der Waals surface area contributed by atoms with Crippen LogP contribution in [0.2, 0.25) is 0 Å². The van der Waals surface area contributed by atoms with Gasteiger partial charge in [0.05, 0.1) is 13.5 Å². The van der Waals surface area contributed by atoms with Gasteiger partial charge in [-0.15, -0.1) is 0 Å². The second kappa shape index (κ2) is 6.78. The third-order valence-electron chi connectivity index (χ3n) is 2.50. The Morgan fingerprint density at radius 1 is 1.26 bits per heavy atom. The third-order valence-corrected chi connectivity index (χ3v) is 2.50. The fourth-order valence-corrected chi connectivity index (χ4v) is 1.46. The van der Waals surface area contributed by atoms with Crippen LogP contribution in [0, 0.1) is 0 Å². The SMILES string of the molecule is COc1ccc(COC(=O)CC(C)(C)OC=O)cc1. The van der Waals surface area contributed by atoms with E-state index < -0.39 is 11.6 Å². The van der Waals surface area contributed by atoms with Crippen LogP contribution in [0.5, 0.6) is 5.75 Å². The van der Waals surface area contributed by atoms with Crippen molar-refractivity contribution in [2.45, 2.75) is 32.5 Å². The molecule has 0 bridgehead atoms. The molecule has 0 radical (unpaired) electrons. The molecule has 0 aromatic heterocycles. The van der Waals surface area contributed by atoms with Gasteiger partial charge in [0.1, 0.15) is 18.0 Å². The first-order chi connectivity index (χ1) is 8.96. The lowest BCUT2D eigenvalue weighted by atomic mass is 10.1. The molecule has 5 nitrogen and oxygen atoms in total. The summed E-state index contributed by atoms with van der Waals surface area (Å²) in [4.78, 5) is 21.8. The molecule has 0 amide bonds. The average Bonchev–Trinajstić information content (AvgIpc) is 2.36. The fourth-order valence-electron chi connectivity index (χ4n) is 1.46. The van der Waals surface area contributed by atoms with Crippen LogP contribution in [0.4, 0.5) is 0 Å². The van der Waals surface area contributed by atoms with Gasteiger partial charge in [0.15, 0.2) is 0 Å². The van der Waals surface area contributed by atoms with E-state index in [4.69, 9.17) is 14.2 Å². The molecule has 0 N–H and O–H groups in total. The molecule has 0 atom stereocenters. The first-order valence-electron chi connectivity index (χ1n) is 5.87. The highest BCUT2D eigenvalue weighted by Crippen LogP contribution is 2.16. The number of carbonyl (C=O) groups is 2. The maximum Gasteiger partial charge on any atom is 0.310 e. The number of benzene rings is 1. The summed E-state index contributed by atoms with van der Waals surface area (Å²) in [6.07, 6.45) is 0.0158. The van der Waals surface area contributed by atoms with Crippen molar-refractivity contribution in [1.29, 1.82) is 0 Å². The van der Waals surface area contributed by atoms with Gasteiger partial charge in [0, 0.05) is 0 Å². The molecule has 0 aliphatic rings. The summed E-state index contributed by atoms with van der Waals surface area (Å²) in [6.45, 7) is 3.81. The van der Waals surface area contributed by atoms with Crippen LogP contribution in [0.25, 0.3) is 0 Å². The predicted molar refractivity (Wildman–Crippen MR) is 68.6 cm³/mol. The molecule has 19 heavy (non-hydrogen) atoms. The lowest BCUT2D eigenvalue weighted by Crippen LogP contribution is -2.28. The number of hydrogen-bond donors (Lipinski definition) is 0. The Bertz CT molecular complexity index is 422. The summed E-state index contributed by atoms with van der Waals surface area (Å²) < 4.78 is 14.9. The first kappa shape index (κ1) is 15.0.